The average molecular weight is 423 g/mol. The number of carbonyl (C=O) groups excluding carboxylic acids is 1. The summed E-state index contributed by atoms with van der Waals surface area (Å²) >= 11 is 6.23. The molecule has 1 heterocycles. The van der Waals surface area contributed by atoms with Crippen LogP contribution in [0, 0.1) is 0 Å². The zero-order chi connectivity index (χ0) is 21.1. The molecule has 1 aliphatic heterocycles. The zero-order valence-corrected chi connectivity index (χ0v) is 16.5. The largest absolute Gasteiger partial charge is 0.494 e. The van der Waals surface area contributed by atoms with E-state index in [4.69, 9.17) is 21.1 Å². The summed E-state index contributed by atoms with van der Waals surface area (Å²) in [6.45, 7) is 1.84. The van der Waals surface area contributed by atoms with E-state index in [1.54, 1.807) is 30.3 Å². The highest BCUT2D eigenvalue weighted by Gasteiger charge is 2.44. The predicted octanol–water partition coefficient (Wildman–Crippen LogP) is 1.48. The fourth-order valence-electron chi connectivity index (χ4n) is 3.30. The lowest BCUT2D eigenvalue weighted by atomic mass is 9.90. The Kier molecular flexibility index (Phi) is 6.89. The molecule has 29 heavy (non-hydrogen) atoms. The second kappa shape index (κ2) is 9.21. The van der Waals surface area contributed by atoms with Crippen LogP contribution in [-0.4, -0.2) is 63.8 Å². The normalized spacial score (nSPS) is 26.9. The summed E-state index contributed by atoms with van der Waals surface area (Å²) in [4.78, 5) is 12.9. The van der Waals surface area contributed by atoms with E-state index >= 15 is 0 Å². The van der Waals surface area contributed by atoms with Gasteiger partial charge < -0.3 is 29.9 Å². The maximum Gasteiger partial charge on any atom is 0.194 e. The number of ether oxygens (including phenoxy) is 2. The van der Waals surface area contributed by atoms with Crippen molar-refractivity contribution in [3.63, 3.8) is 0 Å². The van der Waals surface area contributed by atoms with Crippen molar-refractivity contribution < 1.29 is 34.7 Å². The molecule has 3 rings (SSSR count). The van der Waals surface area contributed by atoms with Gasteiger partial charge in [-0.1, -0.05) is 17.7 Å². The summed E-state index contributed by atoms with van der Waals surface area (Å²) in [6, 6.07) is 11.2. The third kappa shape index (κ3) is 4.45. The third-order valence-electron chi connectivity index (χ3n) is 4.88. The molecular weight excluding hydrogens is 400 g/mol. The average Bonchev–Trinajstić information content (AvgIpc) is 2.73. The highest BCUT2D eigenvalue weighted by atomic mass is 35.5. The first kappa shape index (κ1) is 21.7. The van der Waals surface area contributed by atoms with Gasteiger partial charge in [-0.05, 0) is 48.9 Å². The SMILES string of the molecule is CCOc1ccc(C(=O)c2cc(C3OC(CO)C(O)C(O)C3O)ccc2Cl)cc1. The summed E-state index contributed by atoms with van der Waals surface area (Å²) < 4.78 is 10.9. The predicted molar refractivity (Wildman–Crippen MR) is 105 cm³/mol. The molecule has 0 aliphatic carbocycles. The van der Waals surface area contributed by atoms with Gasteiger partial charge in [-0.2, -0.15) is 0 Å². The highest BCUT2D eigenvalue weighted by molar-refractivity contribution is 6.35. The second-order valence-electron chi connectivity index (χ2n) is 6.78. The van der Waals surface area contributed by atoms with Crippen molar-refractivity contribution in [3.05, 3.63) is 64.2 Å². The van der Waals surface area contributed by atoms with Gasteiger partial charge in [-0.3, -0.25) is 4.79 Å². The Labute approximate surface area is 173 Å². The Hall–Kier alpha value is -2.00. The molecule has 2 aromatic rings. The minimum absolute atomic E-state index is 0.199. The van der Waals surface area contributed by atoms with Crippen LogP contribution in [0.3, 0.4) is 0 Å². The van der Waals surface area contributed by atoms with Gasteiger partial charge in [0.05, 0.1) is 18.2 Å². The van der Waals surface area contributed by atoms with Crippen LogP contribution in [0.4, 0.5) is 0 Å². The summed E-state index contributed by atoms with van der Waals surface area (Å²) in [6.07, 6.45) is -6.49. The quantitative estimate of drug-likeness (QED) is 0.521. The molecule has 5 unspecified atom stereocenters. The number of ketones is 1. The Balaban J connectivity index is 1.90. The van der Waals surface area contributed by atoms with E-state index in [1.165, 1.54) is 12.1 Å². The van der Waals surface area contributed by atoms with E-state index in [1.807, 2.05) is 6.92 Å². The fraction of sp³-hybridized carbons (Fsp3) is 0.381. The Morgan fingerprint density at radius 3 is 2.38 bits per heavy atom. The van der Waals surface area contributed by atoms with E-state index in [0.717, 1.165) is 0 Å². The molecule has 0 aromatic heterocycles. The summed E-state index contributed by atoms with van der Waals surface area (Å²) in [5, 5.41) is 39.9. The van der Waals surface area contributed by atoms with E-state index in [2.05, 4.69) is 0 Å². The monoisotopic (exact) mass is 422 g/mol. The molecule has 0 radical (unpaired) electrons. The van der Waals surface area contributed by atoms with Crippen LogP contribution in [0.1, 0.15) is 34.5 Å². The lowest BCUT2D eigenvalue weighted by Crippen LogP contribution is -2.55. The van der Waals surface area contributed by atoms with Gasteiger partial charge in [-0.15, -0.1) is 0 Å². The summed E-state index contributed by atoms with van der Waals surface area (Å²) in [5.74, 6) is 0.315. The standard InChI is InChI=1S/C21H23ClO7/c1-2-28-13-6-3-11(4-7-13)17(24)14-9-12(5-8-15(14)22)21-20(27)19(26)18(25)16(10-23)29-21/h3-9,16,18-21,23,25-27H,2,10H2,1H3. The first-order valence-electron chi connectivity index (χ1n) is 9.24. The summed E-state index contributed by atoms with van der Waals surface area (Å²) in [7, 11) is 0. The number of benzene rings is 2. The molecule has 1 fully saturated rings. The zero-order valence-electron chi connectivity index (χ0n) is 15.7. The first-order valence-corrected chi connectivity index (χ1v) is 9.62. The molecule has 2 aromatic carbocycles. The van der Waals surface area contributed by atoms with Crippen LogP contribution in [0.25, 0.3) is 0 Å². The minimum atomic E-state index is -1.51. The molecule has 5 atom stereocenters. The van der Waals surface area contributed by atoms with E-state index in [-0.39, 0.29) is 16.4 Å². The maximum atomic E-state index is 12.9. The van der Waals surface area contributed by atoms with Crippen molar-refractivity contribution in [2.45, 2.75) is 37.4 Å². The number of rotatable bonds is 6. The molecule has 1 saturated heterocycles. The van der Waals surface area contributed by atoms with Crippen molar-refractivity contribution in [3.8, 4) is 5.75 Å². The molecule has 0 bridgehead atoms. The van der Waals surface area contributed by atoms with E-state index in [9.17, 15) is 25.2 Å². The molecular formula is C21H23ClO7. The van der Waals surface area contributed by atoms with Crippen LogP contribution in [0.2, 0.25) is 5.02 Å². The van der Waals surface area contributed by atoms with Crippen molar-refractivity contribution in [1.29, 1.82) is 0 Å². The van der Waals surface area contributed by atoms with Gasteiger partial charge in [-0.25, -0.2) is 0 Å². The van der Waals surface area contributed by atoms with Gasteiger partial charge in [0, 0.05) is 11.1 Å². The molecule has 0 spiro atoms. The number of hydrogen-bond acceptors (Lipinski definition) is 7. The number of halogens is 1. The molecule has 0 amide bonds. The topological polar surface area (TPSA) is 116 Å². The van der Waals surface area contributed by atoms with E-state index in [0.29, 0.717) is 23.5 Å². The Bertz CT molecular complexity index is 853. The highest BCUT2D eigenvalue weighted by Crippen LogP contribution is 2.34. The molecule has 8 heteroatoms. The smallest absolute Gasteiger partial charge is 0.194 e. The summed E-state index contributed by atoms with van der Waals surface area (Å²) in [5.41, 5.74) is 0.993. The van der Waals surface area contributed by atoms with Crippen LogP contribution in [0.15, 0.2) is 42.5 Å². The van der Waals surface area contributed by atoms with Gasteiger partial charge >= 0.3 is 0 Å². The fourth-order valence-corrected chi connectivity index (χ4v) is 3.50. The molecule has 7 nitrogen and oxygen atoms in total. The van der Waals surface area contributed by atoms with Crippen LogP contribution in [0.5, 0.6) is 5.75 Å². The van der Waals surface area contributed by atoms with Gasteiger partial charge in [0.25, 0.3) is 0 Å². The molecule has 0 saturated carbocycles. The number of hydrogen-bond donors (Lipinski definition) is 4. The van der Waals surface area contributed by atoms with Crippen molar-refractivity contribution in [2.24, 2.45) is 0 Å². The van der Waals surface area contributed by atoms with Crippen molar-refractivity contribution in [1.82, 2.24) is 0 Å². The van der Waals surface area contributed by atoms with Crippen LogP contribution in [-0.2, 0) is 4.74 Å². The van der Waals surface area contributed by atoms with Crippen molar-refractivity contribution in [2.75, 3.05) is 13.2 Å². The van der Waals surface area contributed by atoms with Crippen LogP contribution < -0.4 is 4.74 Å². The number of aliphatic hydroxyl groups excluding tert-OH is 4. The number of carbonyl (C=O) groups is 1. The van der Waals surface area contributed by atoms with Crippen LogP contribution >= 0.6 is 11.6 Å². The van der Waals surface area contributed by atoms with Gasteiger partial charge in [0.2, 0.25) is 0 Å². The first-order chi connectivity index (χ1) is 13.9. The van der Waals surface area contributed by atoms with Gasteiger partial charge in [0.1, 0.15) is 36.3 Å². The van der Waals surface area contributed by atoms with E-state index < -0.39 is 37.1 Å². The molecule has 1 aliphatic rings. The molecule has 4 N–H and O–H groups in total. The maximum absolute atomic E-state index is 12.9. The van der Waals surface area contributed by atoms with Crippen molar-refractivity contribution >= 4 is 17.4 Å². The number of aliphatic hydroxyl groups is 4. The second-order valence-corrected chi connectivity index (χ2v) is 7.18. The lowest BCUT2D eigenvalue weighted by molar-refractivity contribution is -0.231. The third-order valence-corrected chi connectivity index (χ3v) is 5.21. The lowest BCUT2D eigenvalue weighted by Gasteiger charge is -2.40. The molecule has 156 valence electrons. The Morgan fingerprint density at radius 2 is 1.76 bits per heavy atom. The Morgan fingerprint density at radius 1 is 1.07 bits per heavy atom. The minimum Gasteiger partial charge on any atom is -0.494 e. The van der Waals surface area contributed by atoms with Gasteiger partial charge in [0.15, 0.2) is 5.78 Å².